The zero-order valence-corrected chi connectivity index (χ0v) is 12.9. The summed E-state index contributed by atoms with van der Waals surface area (Å²) in [5, 5.41) is 9.13. The van der Waals surface area contributed by atoms with Crippen molar-refractivity contribution in [3.05, 3.63) is 0 Å². The first kappa shape index (κ1) is 17.8. The lowest BCUT2D eigenvalue weighted by molar-refractivity contribution is -0.142. The Morgan fingerprint density at radius 1 is 1.06 bits per heavy atom. The number of carboxylic acid groups (broad SMARTS) is 1. The van der Waals surface area contributed by atoms with Gasteiger partial charge in [0.2, 0.25) is 0 Å². The standard InChI is InChI=1S/C15H30O2S/c1-3-5-6-7-8-9-10-11-13(4-2)14(12-18)15(16)17/h13-14,18H,3-12H2,1-2H3,(H,16,17). The van der Waals surface area contributed by atoms with Crippen molar-refractivity contribution in [3.63, 3.8) is 0 Å². The molecule has 0 rings (SSSR count). The maximum Gasteiger partial charge on any atom is 0.307 e. The molecule has 0 fully saturated rings. The molecule has 0 radical (unpaired) electrons. The van der Waals surface area contributed by atoms with Crippen molar-refractivity contribution in [2.75, 3.05) is 5.75 Å². The van der Waals surface area contributed by atoms with E-state index in [9.17, 15) is 4.79 Å². The number of unbranched alkanes of at least 4 members (excludes halogenated alkanes) is 6. The zero-order valence-electron chi connectivity index (χ0n) is 12.0. The van der Waals surface area contributed by atoms with E-state index in [0.717, 1.165) is 12.8 Å². The fraction of sp³-hybridized carbons (Fsp3) is 0.933. The number of carboxylic acids is 1. The highest BCUT2D eigenvalue weighted by Gasteiger charge is 2.24. The average Bonchev–Trinajstić information content (AvgIpc) is 2.35. The molecule has 3 heteroatoms. The first-order chi connectivity index (χ1) is 8.67. The van der Waals surface area contributed by atoms with E-state index in [0.29, 0.717) is 11.7 Å². The van der Waals surface area contributed by atoms with Crippen LogP contribution in [0, 0.1) is 11.8 Å². The van der Waals surface area contributed by atoms with Crippen LogP contribution in [0.25, 0.3) is 0 Å². The minimum atomic E-state index is -0.681. The van der Waals surface area contributed by atoms with E-state index in [-0.39, 0.29) is 5.92 Å². The van der Waals surface area contributed by atoms with Crippen LogP contribution in [-0.2, 0) is 4.79 Å². The van der Waals surface area contributed by atoms with Crippen LogP contribution >= 0.6 is 12.6 Å². The van der Waals surface area contributed by atoms with Crippen molar-refractivity contribution < 1.29 is 9.90 Å². The Hall–Kier alpha value is -0.180. The van der Waals surface area contributed by atoms with Crippen molar-refractivity contribution in [2.45, 2.75) is 71.6 Å². The van der Waals surface area contributed by atoms with Crippen LogP contribution in [0.4, 0.5) is 0 Å². The lowest BCUT2D eigenvalue weighted by atomic mass is 9.86. The Morgan fingerprint density at radius 3 is 2.06 bits per heavy atom. The fourth-order valence-corrected chi connectivity index (χ4v) is 2.94. The summed E-state index contributed by atoms with van der Waals surface area (Å²) >= 11 is 4.17. The summed E-state index contributed by atoms with van der Waals surface area (Å²) in [5.41, 5.74) is 0. The molecule has 2 atom stereocenters. The second-order valence-corrected chi connectivity index (χ2v) is 5.57. The summed E-state index contributed by atoms with van der Waals surface area (Å²) in [5.74, 6) is -0.182. The molecule has 0 aromatic carbocycles. The molecule has 1 N–H and O–H groups in total. The minimum absolute atomic E-state index is 0.265. The van der Waals surface area contributed by atoms with Crippen LogP contribution in [0.2, 0.25) is 0 Å². The Bertz CT molecular complexity index is 207. The Kier molecular flexibility index (Phi) is 11.8. The summed E-state index contributed by atoms with van der Waals surface area (Å²) in [6.07, 6.45) is 11.0. The second-order valence-electron chi connectivity index (χ2n) is 5.21. The molecule has 2 unspecified atom stereocenters. The predicted molar refractivity (Wildman–Crippen MR) is 81.4 cm³/mol. The fourth-order valence-electron chi connectivity index (χ4n) is 2.48. The van der Waals surface area contributed by atoms with Gasteiger partial charge in [0.1, 0.15) is 0 Å². The lowest BCUT2D eigenvalue weighted by Gasteiger charge is -2.21. The van der Waals surface area contributed by atoms with Crippen LogP contribution < -0.4 is 0 Å². The molecule has 0 spiro atoms. The number of hydrogen-bond donors (Lipinski definition) is 2. The third kappa shape index (κ3) is 8.02. The molecule has 0 saturated heterocycles. The smallest absolute Gasteiger partial charge is 0.307 e. The van der Waals surface area contributed by atoms with Crippen LogP contribution in [0.5, 0.6) is 0 Å². The molecule has 0 aromatic heterocycles. The molecule has 0 aromatic rings. The number of thiol groups is 1. The average molecular weight is 274 g/mol. The predicted octanol–water partition coefficient (Wildman–Crippen LogP) is 4.78. The van der Waals surface area contributed by atoms with Gasteiger partial charge in [-0.2, -0.15) is 12.6 Å². The van der Waals surface area contributed by atoms with Crippen molar-refractivity contribution in [1.29, 1.82) is 0 Å². The van der Waals surface area contributed by atoms with Gasteiger partial charge in [-0.25, -0.2) is 0 Å². The summed E-state index contributed by atoms with van der Waals surface area (Å²) in [6, 6.07) is 0. The minimum Gasteiger partial charge on any atom is -0.481 e. The topological polar surface area (TPSA) is 37.3 Å². The van der Waals surface area contributed by atoms with E-state index in [4.69, 9.17) is 5.11 Å². The molecule has 108 valence electrons. The molecular formula is C15H30O2S. The number of hydrogen-bond acceptors (Lipinski definition) is 2. The summed E-state index contributed by atoms with van der Waals surface area (Å²) in [6.45, 7) is 4.32. The molecule has 0 saturated carbocycles. The van der Waals surface area contributed by atoms with Crippen molar-refractivity contribution in [2.24, 2.45) is 11.8 Å². The Labute approximate surface area is 118 Å². The van der Waals surface area contributed by atoms with Crippen LogP contribution in [-0.4, -0.2) is 16.8 Å². The number of aliphatic carboxylic acids is 1. The lowest BCUT2D eigenvalue weighted by Crippen LogP contribution is -2.24. The van der Waals surface area contributed by atoms with Gasteiger partial charge >= 0.3 is 5.97 Å². The second kappa shape index (κ2) is 11.9. The molecule has 18 heavy (non-hydrogen) atoms. The molecule has 0 aliphatic carbocycles. The molecular weight excluding hydrogens is 244 g/mol. The molecule has 0 amide bonds. The first-order valence-corrected chi connectivity index (χ1v) is 8.14. The van der Waals surface area contributed by atoms with E-state index >= 15 is 0 Å². The Morgan fingerprint density at radius 2 is 1.61 bits per heavy atom. The van der Waals surface area contributed by atoms with Crippen molar-refractivity contribution in [3.8, 4) is 0 Å². The van der Waals surface area contributed by atoms with Gasteiger partial charge in [0, 0.05) is 5.75 Å². The van der Waals surface area contributed by atoms with Crippen LogP contribution in [0.15, 0.2) is 0 Å². The first-order valence-electron chi connectivity index (χ1n) is 7.50. The highest BCUT2D eigenvalue weighted by Crippen LogP contribution is 2.24. The normalized spacial score (nSPS) is 14.4. The van der Waals surface area contributed by atoms with Gasteiger partial charge in [-0.05, 0) is 12.3 Å². The number of rotatable bonds is 12. The van der Waals surface area contributed by atoms with Crippen LogP contribution in [0.3, 0.4) is 0 Å². The third-order valence-electron chi connectivity index (χ3n) is 3.79. The maximum atomic E-state index is 11.1. The van der Waals surface area contributed by atoms with E-state index in [1.54, 1.807) is 0 Å². The molecule has 0 bridgehead atoms. The van der Waals surface area contributed by atoms with Crippen molar-refractivity contribution >= 4 is 18.6 Å². The summed E-state index contributed by atoms with van der Waals surface area (Å²) in [4.78, 5) is 11.1. The quantitative estimate of drug-likeness (QED) is 0.397. The van der Waals surface area contributed by atoms with Gasteiger partial charge in [-0.15, -0.1) is 0 Å². The molecule has 0 aliphatic heterocycles. The largest absolute Gasteiger partial charge is 0.481 e. The van der Waals surface area contributed by atoms with Gasteiger partial charge in [0.25, 0.3) is 0 Å². The van der Waals surface area contributed by atoms with E-state index in [1.165, 1.54) is 44.9 Å². The third-order valence-corrected chi connectivity index (χ3v) is 4.18. The highest BCUT2D eigenvalue weighted by atomic mass is 32.1. The highest BCUT2D eigenvalue weighted by molar-refractivity contribution is 7.80. The molecule has 2 nitrogen and oxygen atoms in total. The monoisotopic (exact) mass is 274 g/mol. The zero-order chi connectivity index (χ0) is 13.8. The van der Waals surface area contributed by atoms with Gasteiger partial charge in [0.15, 0.2) is 0 Å². The maximum absolute atomic E-state index is 11.1. The van der Waals surface area contributed by atoms with Gasteiger partial charge in [-0.3, -0.25) is 4.79 Å². The van der Waals surface area contributed by atoms with Gasteiger partial charge in [-0.1, -0.05) is 65.2 Å². The molecule has 0 aliphatic rings. The van der Waals surface area contributed by atoms with Gasteiger partial charge in [0.05, 0.1) is 5.92 Å². The molecule has 0 heterocycles. The van der Waals surface area contributed by atoms with E-state index in [1.807, 2.05) is 0 Å². The van der Waals surface area contributed by atoms with E-state index < -0.39 is 5.97 Å². The van der Waals surface area contributed by atoms with Crippen molar-refractivity contribution in [1.82, 2.24) is 0 Å². The van der Waals surface area contributed by atoms with Crippen LogP contribution in [0.1, 0.15) is 71.6 Å². The van der Waals surface area contributed by atoms with Gasteiger partial charge < -0.3 is 5.11 Å². The summed E-state index contributed by atoms with van der Waals surface area (Å²) in [7, 11) is 0. The SMILES string of the molecule is CCCCCCCCCC(CC)C(CS)C(=O)O. The van der Waals surface area contributed by atoms with E-state index in [2.05, 4.69) is 26.5 Å². The number of carbonyl (C=O) groups is 1. The summed E-state index contributed by atoms with van der Waals surface area (Å²) < 4.78 is 0. The Balaban J connectivity index is 3.70.